The van der Waals surface area contributed by atoms with Crippen molar-refractivity contribution in [3.63, 3.8) is 0 Å². The van der Waals surface area contributed by atoms with Crippen molar-refractivity contribution in [3.8, 4) is 0 Å². The van der Waals surface area contributed by atoms with Gasteiger partial charge in [-0.15, -0.1) is 0 Å². The number of hydrogen-bond donors (Lipinski definition) is 1. The molecule has 2 atom stereocenters. The number of amides is 1. The van der Waals surface area contributed by atoms with Gasteiger partial charge in [-0.25, -0.2) is 0 Å². The Morgan fingerprint density at radius 3 is 2.61 bits per heavy atom. The minimum atomic E-state index is -0.243. The third kappa shape index (κ3) is 3.82. The molecule has 1 aromatic rings. The zero-order chi connectivity index (χ0) is 16.2. The topological polar surface area (TPSA) is 67.9 Å². The first-order chi connectivity index (χ1) is 11.1. The molecular weight excluding hydrogens is 296 g/mol. The van der Waals surface area contributed by atoms with Crippen molar-refractivity contribution in [2.24, 2.45) is 0 Å². The van der Waals surface area contributed by atoms with Crippen LogP contribution >= 0.6 is 0 Å². The Morgan fingerprint density at radius 2 is 1.96 bits per heavy atom. The van der Waals surface area contributed by atoms with Gasteiger partial charge in [0.2, 0.25) is 5.91 Å². The highest BCUT2D eigenvalue weighted by Crippen LogP contribution is 2.31. The summed E-state index contributed by atoms with van der Waals surface area (Å²) < 4.78 is 10.7. The predicted octanol–water partition coefficient (Wildman–Crippen LogP) is 1.06. The molecule has 1 N–H and O–H groups in total. The molecule has 0 saturated carbocycles. The van der Waals surface area contributed by atoms with Crippen LogP contribution in [0.1, 0.15) is 24.8 Å². The maximum Gasteiger partial charge on any atom is 0.313 e. The van der Waals surface area contributed by atoms with E-state index in [1.165, 1.54) is 6.92 Å². The van der Waals surface area contributed by atoms with Gasteiger partial charge in [0.25, 0.3) is 0 Å². The zero-order valence-electron chi connectivity index (χ0n) is 13.3. The van der Waals surface area contributed by atoms with E-state index in [2.05, 4.69) is 22.3 Å². The van der Waals surface area contributed by atoms with Crippen LogP contribution in [-0.4, -0.2) is 50.8 Å². The summed E-state index contributed by atoms with van der Waals surface area (Å²) in [5.41, 5.74) is 2.12. The summed E-state index contributed by atoms with van der Waals surface area (Å²) in [5, 5.41) is 2.70. The smallest absolute Gasteiger partial charge is 0.313 e. The molecule has 3 rings (SSSR count). The van der Waals surface area contributed by atoms with Crippen LogP contribution in [0.15, 0.2) is 24.3 Å². The van der Waals surface area contributed by atoms with Crippen molar-refractivity contribution in [3.05, 3.63) is 29.8 Å². The maximum absolute atomic E-state index is 12.1. The van der Waals surface area contributed by atoms with Gasteiger partial charge < -0.3 is 19.7 Å². The standard InChI is InChI=1S/C17H22N2O4/c1-12(20)18-11-15-10-16(17(21)23-15)13-2-4-14(5-3-13)19-6-8-22-9-7-19/h2-5,15-16H,6-11H2,1H3,(H,18,20)/t15-,16?/m1/s1. The number of anilines is 1. The first-order valence-corrected chi connectivity index (χ1v) is 8.01. The number of nitrogens with one attached hydrogen (secondary N) is 1. The van der Waals surface area contributed by atoms with E-state index in [1.807, 2.05) is 12.1 Å². The van der Waals surface area contributed by atoms with Crippen molar-refractivity contribution >= 4 is 17.6 Å². The summed E-state index contributed by atoms with van der Waals surface area (Å²) in [4.78, 5) is 25.3. The van der Waals surface area contributed by atoms with Crippen LogP contribution in [-0.2, 0) is 19.1 Å². The number of cyclic esters (lactones) is 1. The van der Waals surface area contributed by atoms with Crippen LogP contribution in [0.25, 0.3) is 0 Å². The summed E-state index contributed by atoms with van der Waals surface area (Å²) in [7, 11) is 0. The second-order valence-corrected chi connectivity index (χ2v) is 5.98. The quantitative estimate of drug-likeness (QED) is 0.841. The molecule has 6 nitrogen and oxygen atoms in total. The molecule has 124 valence electrons. The van der Waals surface area contributed by atoms with Crippen LogP contribution in [0.2, 0.25) is 0 Å². The molecule has 2 aliphatic rings. The summed E-state index contributed by atoms with van der Waals surface area (Å²) in [5.74, 6) is -0.564. The van der Waals surface area contributed by atoms with E-state index in [4.69, 9.17) is 9.47 Å². The summed E-state index contributed by atoms with van der Waals surface area (Å²) in [6.45, 7) is 5.12. The van der Waals surface area contributed by atoms with Crippen molar-refractivity contribution in [2.75, 3.05) is 37.7 Å². The van der Waals surface area contributed by atoms with E-state index < -0.39 is 0 Å². The Balaban J connectivity index is 1.62. The van der Waals surface area contributed by atoms with Crippen LogP contribution in [0.4, 0.5) is 5.69 Å². The number of nitrogens with zero attached hydrogens (tertiary/aromatic N) is 1. The van der Waals surface area contributed by atoms with Crippen molar-refractivity contribution in [1.82, 2.24) is 5.32 Å². The molecule has 6 heteroatoms. The molecule has 23 heavy (non-hydrogen) atoms. The van der Waals surface area contributed by atoms with Gasteiger partial charge in [0, 0.05) is 32.1 Å². The van der Waals surface area contributed by atoms with Crippen LogP contribution in [0, 0.1) is 0 Å². The lowest BCUT2D eigenvalue weighted by Crippen LogP contribution is -2.36. The molecule has 0 aliphatic carbocycles. The van der Waals surface area contributed by atoms with Gasteiger partial charge in [-0.3, -0.25) is 9.59 Å². The third-order valence-electron chi connectivity index (χ3n) is 4.32. The highest BCUT2D eigenvalue weighted by molar-refractivity contribution is 5.80. The molecule has 0 radical (unpaired) electrons. The third-order valence-corrected chi connectivity index (χ3v) is 4.32. The summed E-state index contributed by atoms with van der Waals surface area (Å²) in [6, 6.07) is 8.10. The molecule has 1 aromatic carbocycles. The average Bonchev–Trinajstić information content (AvgIpc) is 2.95. The van der Waals surface area contributed by atoms with Gasteiger partial charge in [0.05, 0.1) is 25.7 Å². The first kappa shape index (κ1) is 15.8. The van der Waals surface area contributed by atoms with E-state index in [0.717, 1.165) is 37.6 Å². The highest BCUT2D eigenvalue weighted by atomic mass is 16.6. The molecule has 2 aliphatic heterocycles. The molecule has 0 bridgehead atoms. The van der Waals surface area contributed by atoms with Gasteiger partial charge in [-0.1, -0.05) is 12.1 Å². The molecule has 0 spiro atoms. The zero-order valence-corrected chi connectivity index (χ0v) is 13.3. The molecule has 2 saturated heterocycles. The lowest BCUT2D eigenvalue weighted by atomic mass is 9.95. The largest absolute Gasteiger partial charge is 0.460 e. The lowest BCUT2D eigenvalue weighted by molar-refractivity contribution is -0.142. The fourth-order valence-electron chi connectivity index (χ4n) is 3.05. The molecule has 1 unspecified atom stereocenters. The Morgan fingerprint density at radius 1 is 1.26 bits per heavy atom. The van der Waals surface area contributed by atoms with Crippen LogP contribution in [0.5, 0.6) is 0 Å². The Hall–Kier alpha value is -2.08. The van der Waals surface area contributed by atoms with E-state index in [0.29, 0.717) is 13.0 Å². The Labute approximate surface area is 135 Å². The summed E-state index contributed by atoms with van der Waals surface area (Å²) >= 11 is 0. The second-order valence-electron chi connectivity index (χ2n) is 5.98. The molecule has 0 aromatic heterocycles. The SMILES string of the molecule is CC(=O)NC[C@H]1CC(c2ccc(N3CCOCC3)cc2)C(=O)O1. The van der Waals surface area contributed by atoms with E-state index in [1.54, 1.807) is 0 Å². The number of ether oxygens (including phenoxy) is 2. The Bertz CT molecular complexity index is 566. The van der Waals surface area contributed by atoms with E-state index in [9.17, 15) is 9.59 Å². The van der Waals surface area contributed by atoms with Crippen LogP contribution in [0.3, 0.4) is 0 Å². The second kappa shape index (κ2) is 7.00. The van der Waals surface area contributed by atoms with Gasteiger partial charge in [-0.2, -0.15) is 0 Å². The van der Waals surface area contributed by atoms with Gasteiger partial charge >= 0.3 is 5.97 Å². The monoisotopic (exact) mass is 318 g/mol. The maximum atomic E-state index is 12.1. The number of morpholine rings is 1. The Kier molecular flexibility index (Phi) is 4.81. The fourth-order valence-corrected chi connectivity index (χ4v) is 3.05. The van der Waals surface area contributed by atoms with Gasteiger partial charge in [-0.05, 0) is 17.7 Å². The molecule has 1 amide bonds. The summed E-state index contributed by atoms with van der Waals surface area (Å²) in [6.07, 6.45) is 0.367. The predicted molar refractivity (Wildman–Crippen MR) is 85.4 cm³/mol. The van der Waals surface area contributed by atoms with Crippen molar-refractivity contribution in [1.29, 1.82) is 0 Å². The number of carbonyl (C=O) groups excluding carboxylic acids is 2. The lowest BCUT2D eigenvalue weighted by Gasteiger charge is -2.29. The van der Waals surface area contributed by atoms with Crippen molar-refractivity contribution < 1.29 is 19.1 Å². The number of rotatable bonds is 4. The van der Waals surface area contributed by atoms with E-state index >= 15 is 0 Å². The molecule has 2 fully saturated rings. The highest BCUT2D eigenvalue weighted by Gasteiger charge is 2.35. The molecular formula is C17H22N2O4. The molecule has 2 heterocycles. The average molecular weight is 318 g/mol. The number of hydrogen-bond acceptors (Lipinski definition) is 5. The first-order valence-electron chi connectivity index (χ1n) is 8.01. The van der Waals surface area contributed by atoms with Crippen molar-refractivity contribution in [2.45, 2.75) is 25.4 Å². The number of esters is 1. The van der Waals surface area contributed by atoms with E-state index in [-0.39, 0.29) is 23.9 Å². The number of benzene rings is 1. The normalized spacial score (nSPS) is 24.4. The number of carbonyl (C=O) groups is 2. The minimum absolute atomic E-state index is 0.112. The fraction of sp³-hybridized carbons (Fsp3) is 0.529. The minimum Gasteiger partial charge on any atom is -0.460 e. The van der Waals surface area contributed by atoms with Gasteiger partial charge in [0.1, 0.15) is 6.10 Å². The van der Waals surface area contributed by atoms with Gasteiger partial charge in [0.15, 0.2) is 0 Å². The van der Waals surface area contributed by atoms with Crippen LogP contribution < -0.4 is 10.2 Å².